The molecule has 1 aromatic carbocycles. The van der Waals surface area contributed by atoms with Gasteiger partial charge >= 0.3 is 0 Å². The molecule has 1 aliphatic carbocycles. The second-order valence-corrected chi connectivity index (χ2v) is 5.47. The summed E-state index contributed by atoms with van der Waals surface area (Å²) in [7, 11) is 0. The Morgan fingerprint density at radius 1 is 1.25 bits per heavy atom. The van der Waals surface area contributed by atoms with Crippen molar-refractivity contribution in [1.82, 2.24) is 5.32 Å². The predicted molar refractivity (Wildman–Crippen MR) is 75.8 cm³/mol. The quantitative estimate of drug-likeness (QED) is 0.679. The lowest BCUT2D eigenvalue weighted by Crippen LogP contribution is -2.52. The molecule has 0 aliphatic heterocycles. The highest BCUT2D eigenvalue weighted by Gasteiger charge is 2.51. The van der Waals surface area contributed by atoms with Gasteiger partial charge in [-0.05, 0) is 18.4 Å². The molecule has 1 amide bonds. The minimum Gasteiger partial charge on any atom is -0.343 e. The van der Waals surface area contributed by atoms with Crippen LogP contribution in [0.4, 0.5) is 0 Å². The monoisotopic (exact) mass is 276 g/mol. The molecule has 1 fully saturated rings. The van der Waals surface area contributed by atoms with Crippen molar-refractivity contribution >= 4 is 5.91 Å². The van der Waals surface area contributed by atoms with Crippen molar-refractivity contribution in [3.05, 3.63) is 46.0 Å². The molecule has 1 saturated carbocycles. The summed E-state index contributed by atoms with van der Waals surface area (Å²) >= 11 is 0. The fourth-order valence-electron chi connectivity index (χ4n) is 3.12. The second kappa shape index (κ2) is 6.03. The number of nitrogens with zero attached hydrogens (tertiary/aromatic N) is 1. The molecule has 0 radical (unpaired) electrons. The maximum atomic E-state index is 11.7. The molecular weight excluding hydrogens is 256 g/mol. The van der Waals surface area contributed by atoms with Crippen molar-refractivity contribution in [2.24, 2.45) is 0 Å². The zero-order valence-corrected chi connectivity index (χ0v) is 11.7. The third-order valence-corrected chi connectivity index (χ3v) is 4.10. The number of rotatable bonds is 4. The maximum Gasteiger partial charge on any atom is 0.246 e. The highest BCUT2D eigenvalue weighted by atomic mass is 16.6. The minimum atomic E-state index is -1.08. The predicted octanol–water partition coefficient (Wildman–Crippen LogP) is 2.84. The first-order chi connectivity index (χ1) is 9.56. The van der Waals surface area contributed by atoms with Crippen LogP contribution in [-0.2, 0) is 4.79 Å². The van der Waals surface area contributed by atoms with E-state index in [9.17, 15) is 14.9 Å². The fourth-order valence-corrected chi connectivity index (χ4v) is 3.12. The molecule has 1 aliphatic rings. The van der Waals surface area contributed by atoms with Crippen LogP contribution in [0, 0.1) is 10.1 Å². The van der Waals surface area contributed by atoms with Crippen molar-refractivity contribution < 1.29 is 9.72 Å². The standard InChI is InChI=1S/C15H20N2O3/c1-12(18)16-14(13-8-4-2-5-9-13)15(17(19)20)10-6-3-7-11-15/h2,4-5,8-9,14H,3,6-7,10-11H2,1H3,(H,16,18). The average molecular weight is 276 g/mol. The van der Waals surface area contributed by atoms with E-state index in [1.165, 1.54) is 6.92 Å². The van der Waals surface area contributed by atoms with Gasteiger partial charge in [-0.1, -0.05) is 36.8 Å². The zero-order valence-electron chi connectivity index (χ0n) is 11.7. The summed E-state index contributed by atoms with van der Waals surface area (Å²) in [6.45, 7) is 1.41. The third kappa shape index (κ3) is 2.81. The number of nitro groups is 1. The van der Waals surface area contributed by atoms with Gasteiger partial charge in [-0.15, -0.1) is 0 Å². The van der Waals surface area contributed by atoms with Crippen LogP contribution in [0.3, 0.4) is 0 Å². The van der Waals surface area contributed by atoms with Crippen LogP contribution in [0.25, 0.3) is 0 Å². The van der Waals surface area contributed by atoms with Gasteiger partial charge in [0.25, 0.3) is 0 Å². The Kier molecular flexibility index (Phi) is 4.37. The van der Waals surface area contributed by atoms with E-state index in [1.54, 1.807) is 0 Å². The van der Waals surface area contributed by atoms with E-state index in [0.29, 0.717) is 12.8 Å². The lowest BCUT2D eigenvalue weighted by Gasteiger charge is -2.36. The maximum absolute atomic E-state index is 11.7. The first-order valence-electron chi connectivity index (χ1n) is 7.03. The van der Waals surface area contributed by atoms with Crippen LogP contribution in [0.2, 0.25) is 0 Å². The number of carbonyl (C=O) groups excluding carboxylic acids is 1. The second-order valence-electron chi connectivity index (χ2n) is 5.47. The van der Waals surface area contributed by atoms with Crippen molar-refractivity contribution in [1.29, 1.82) is 0 Å². The van der Waals surface area contributed by atoms with E-state index >= 15 is 0 Å². The van der Waals surface area contributed by atoms with Crippen LogP contribution in [0.1, 0.15) is 50.6 Å². The first kappa shape index (κ1) is 14.5. The topological polar surface area (TPSA) is 72.2 Å². The number of nitrogens with one attached hydrogen (secondary N) is 1. The van der Waals surface area contributed by atoms with E-state index in [-0.39, 0.29) is 10.8 Å². The van der Waals surface area contributed by atoms with Gasteiger partial charge in [0.15, 0.2) is 0 Å². The molecule has 20 heavy (non-hydrogen) atoms. The Hall–Kier alpha value is -1.91. The minimum absolute atomic E-state index is 0.181. The van der Waals surface area contributed by atoms with Crippen molar-refractivity contribution in [3.63, 3.8) is 0 Å². The van der Waals surface area contributed by atoms with Gasteiger partial charge in [-0.3, -0.25) is 14.9 Å². The van der Waals surface area contributed by atoms with Crippen LogP contribution < -0.4 is 5.32 Å². The molecule has 1 unspecified atom stereocenters. The molecule has 108 valence electrons. The summed E-state index contributed by atoms with van der Waals surface area (Å²) in [6.07, 6.45) is 3.73. The van der Waals surface area contributed by atoms with Gasteiger partial charge < -0.3 is 5.32 Å². The number of carbonyl (C=O) groups is 1. The molecule has 5 nitrogen and oxygen atoms in total. The number of benzene rings is 1. The van der Waals surface area contributed by atoms with Crippen molar-refractivity contribution in [3.8, 4) is 0 Å². The van der Waals surface area contributed by atoms with E-state index in [0.717, 1.165) is 24.8 Å². The Morgan fingerprint density at radius 2 is 1.85 bits per heavy atom. The molecule has 1 N–H and O–H groups in total. The number of hydrogen-bond donors (Lipinski definition) is 1. The van der Waals surface area contributed by atoms with Crippen LogP contribution in [-0.4, -0.2) is 16.4 Å². The van der Waals surface area contributed by atoms with E-state index in [1.807, 2.05) is 30.3 Å². The first-order valence-corrected chi connectivity index (χ1v) is 7.03. The van der Waals surface area contributed by atoms with Crippen LogP contribution in [0.15, 0.2) is 30.3 Å². The lowest BCUT2D eigenvalue weighted by molar-refractivity contribution is -0.581. The van der Waals surface area contributed by atoms with E-state index < -0.39 is 11.6 Å². The smallest absolute Gasteiger partial charge is 0.246 e. The molecule has 5 heteroatoms. The summed E-state index contributed by atoms with van der Waals surface area (Å²) in [5, 5.41) is 14.5. The third-order valence-electron chi connectivity index (χ3n) is 4.10. The van der Waals surface area contributed by atoms with Crippen molar-refractivity contribution in [2.45, 2.75) is 50.6 Å². The SMILES string of the molecule is CC(=O)NC(c1ccccc1)C1([N+](=O)[O-])CCCCC1. The summed E-state index contributed by atoms with van der Waals surface area (Å²) in [5.74, 6) is -0.231. The van der Waals surface area contributed by atoms with Crippen molar-refractivity contribution in [2.75, 3.05) is 0 Å². The molecule has 1 atom stereocenters. The molecule has 0 aromatic heterocycles. The van der Waals surface area contributed by atoms with Gasteiger partial charge in [0.2, 0.25) is 11.4 Å². The van der Waals surface area contributed by atoms with Gasteiger partial charge in [0.1, 0.15) is 6.04 Å². The summed E-state index contributed by atoms with van der Waals surface area (Å²) in [6, 6.07) is 8.70. The molecular formula is C15H20N2O3. The molecule has 0 bridgehead atoms. The van der Waals surface area contributed by atoms with Gasteiger partial charge in [-0.25, -0.2) is 0 Å². The Morgan fingerprint density at radius 3 is 2.35 bits per heavy atom. The van der Waals surface area contributed by atoms with E-state index in [2.05, 4.69) is 5.32 Å². The largest absolute Gasteiger partial charge is 0.343 e. The summed E-state index contributed by atoms with van der Waals surface area (Å²) in [5.41, 5.74) is -0.271. The highest BCUT2D eigenvalue weighted by molar-refractivity contribution is 5.73. The Balaban J connectivity index is 2.42. The molecule has 2 rings (SSSR count). The average Bonchev–Trinajstić information content (AvgIpc) is 2.46. The summed E-state index contributed by atoms with van der Waals surface area (Å²) in [4.78, 5) is 23.0. The van der Waals surface area contributed by atoms with Crippen LogP contribution in [0.5, 0.6) is 0 Å². The molecule has 1 aromatic rings. The molecule has 0 saturated heterocycles. The molecule has 0 heterocycles. The number of hydrogen-bond acceptors (Lipinski definition) is 3. The normalized spacial score (nSPS) is 19.1. The van der Waals surface area contributed by atoms with Crippen LogP contribution >= 0.6 is 0 Å². The Labute approximate surface area is 118 Å². The number of amides is 1. The van der Waals surface area contributed by atoms with E-state index in [4.69, 9.17) is 0 Å². The zero-order chi connectivity index (χ0) is 14.6. The lowest BCUT2D eigenvalue weighted by atomic mass is 9.74. The molecule has 0 spiro atoms. The Bertz CT molecular complexity index is 481. The highest BCUT2D eigenvalue weighted by Crippen LogP contribution is 2.41. The fraction of sp³-hybridized carbons (Fsp3) is 0.533. The van der Waals surface area contributed by atoms with Gasteiger partial charge in [0.05, 0.1) is 0 Å². The van der Waals surface area contributed by atoms with Gasteiger partial charge in [0, 0.05) is 24.7 Å². The van der Waals surface area contributed by atoms with Gasteiger partial charge in [-0.2, -0.15) is 0 Å². The summed E-state index contributed by atoms with van der Waals surface area (Å²) < 4.78 is 0.